The highest BCUT2D eigenvalue weighted by Crippen LogP contribution is 2.35. The zero-order chi connectivity index (χ0) is 23.5. The first-order valence-electron chi connectivity index (χ1n) is 12.4. The molecule has 1 amide bonds. The maximum Gasteiger partial charge on any atom is 0.272 e. The Bertz CT molecular complexity index is 1140. The van der Waals surface area contributed by atoms with Crippen molar-refractivity contribution in [2.24, 2.45) is 0 Å². The van der Waals surface area contributed by atoms with Gasteiger partial charge in [0.1, 0.15) is 5.75 Å². The predicted molar refractivity (Wildman–Crippen MR) is 132 cm³/mol. The van der Waals surface area contributed by atoms with Gasteiger partial charge in [0.15, 0.2) is 5.69 Å². The lowest BCUT2D eigenvalue weighted by atomic mass is 9.74. The molecule has 0 atom stereocenters. The number of aromatic nitrogens is 2. The Hall–Kier alpha value is -3.12. The third kappa shape index (κ3) is 4.34. The Morgan fingerprint density at radius 1 is 1.09 bits per heavy atom. The van der Waals surface area contributed by atoms with Gasteiger partial charge in [-0.25, -0.2) is 4.68 Å². The van der Waals surface area contributed by atoms with Gasteiger partial charge in [-0.1, -0.05) is 29.8 Å². The van der Waals surface area contributed by atoms with Crippen molar-refractivity contribution in [3.63, 3.8) is 0 Å². The van der Waals surface area contributed by atoms with Gasteiger partial charge >= 0.3 is 0 Å². The van der Waals surface area contributed by atoms with Crippen LogP contribution >= 0.6 is 0 Å². The van der Waals surface area contributed by atoms with E-state index >= 15 is 0 Å². The predicted octanol–water partition coefficient (Wildman–Crippen LogP) is 4.55. The summed E-state index contributed by atoms with van der Waals surface area (Å²) in [7, 11) is 0. The van der Waals surface area contributed by atoms with Gasteiger partial charge in [-0.15, -0.1) is 0 Å². The molecule has 34 heavy (non-hydrogen) atoms. The minimum atomic E-state index is -0.151. The average molecular weight is 460 g/mol. The summed E-state index contributed by atoms with van der Waals surface area (Å²) in [5, 5.41) is 8.04. The molecular weight excluding hydrogens is 426 g/mol. The molecule has 5 rings (SSSR count). The van der Waals surface area contributed by atoms with E-state index in [1.54, 1.807) is 0 Å². The quantitative estimate of drug-likeness (QED) is 0.563. The van der Waals surface area contributed by atoms with Crippen molar-refractivity contribution in [2.45, 2.75) is 51.4 Å². The Morgan fingerprint density at radius 3 is 2.53 bits per heavy atom. The van der Waals surface area contributed by atoms with Crippen LogP contribution in [0.25, 0.3) is 5.69 Å². The van der Waals surface area contributed by atoms with Crippen LogP contribution in [0.4, 0.5) is 0 Å². The molecule has 2 heterocycles. The van der Waals surface area contributed by atoms with Gasteiger partial charge in [0, 0.05) is 36.4 Å². The molecule has 0 spiro atoms. The second-order valence-corrected chi connectivity index (χ2v) is 9.41. The van der Waals surface area contributed by atoms with Gasteiger partial charge in [0.05, 0.1) is 12.3 Å². The largest absolute Gasteiger partial charge is 0.494 e. The Kier molecular flexibility index (Phi) is 6.42. The van der Waals surface area contributed by atoms with Gasteiger partial charge in [-0.05, 0) is 75.8 Å². The van der Waals surface area contributed by atoms with Crippen LogP contribution in [0.2, 0.25) is 0 Å². The number of aryl methyl sites for hydroxylation is 1. The SMILES string of the molecule is CCOc1ccc(C2(CNC(=O)c3nn(-c4ccc(C)cc4)c4c3CCC4)CCOCC2)cc1. The lowest BCUT2D eigenvalue weighted by Gasteiger charge is -2.38. The van der Waals surface area contributed by atoms with Crippen LogP contribution in [0.5, 0.6) is 5.75 Å². The molecule has 1 aliphatic heterocycles. The number of rotatable bonds is 7. The van der Waals surface area contributed by atoms with E-state index in [1.807, 2.05) is 23.7 Å². The number of nitrogens with zero attached hydrogens (tertiary/aromatic N) is 2. The lowest BCUT2D eigenvalue weighted by molar-refractivity contribution is 0.0486. The van der Waals surface area contributed by atoms with Gasteiger partial charge in [-0.2, -0.15) is 5.10 Å². The third-order valence-corrected chi connectivity index (χ3v) is 7.24. The number of carbonyl (C=O) groups excluding carboxylic acids is 1. The fraction of sp³-hybridized carbons (Fsp3) is 0.429. The van der Waals surface area contributed by atoms with E-state index in [0.717, 1.165) is 49.1 Å². The van der Waals surface area contributed by atoms with Gasteiger partial charge in [-0.3, -0.25) is 4.79 Å². The topological polar surface area (TPSA) is 65.4 Å². The molecule has 1 saturated heterocycles. The monoisotopic (exact) mass is 459 g/mol. The van der Waals surface area contributed by atoms with Crippen molar-refractivity contribution < 1.29 is 14.3 Å². The second-order valence-electron chi connectivity index (χ2n) is 9.41. The van der Waals surface area contributed by atoms with E-state index in [4.69, 9.17) is 14.6 Å². The number of nitrogens with one attached hydrogen (secondary N) is 1. The smallest absolute Gasteiger partial charge is 0.272 e. The molecule has 0 unspecified atom stereocenters. The summed E-state index contributed by atoms with van der Waals surface area (Å²) in [4.78, 5) is 13.4. The van der Waals surface area contributed by atoms with Crippen molar-refractivity contribution in [3.05, 3.63) is 76.6 Å². The van der Waals surface area contributed by atoms with Crippen molar-refractivity contribution in [1.82, 2.24) is 15.1 Å². The summed E-state index contributed by atoms with van der Waals surface area (Å²) in [6, 6.07) is 16.6. The fourth-order valence-electron chi connectivity index (χ4n) is 5.25. The first-order chi connectivity index (χ1) is 16.6. The van der Waals surface area contributed by atoms with Crippen molar-refractivity contribution in [3.8, 4) is 11.4 Å². The molecular formula is C28H33N3O3. The second kappa shape index (κ2) is 9.63. The maximum atomic E-state index is 13.4. The zero-order valence-electron chi connectivity index (χ0n) is 20.1. The third-order valence-electron chi connectivity index (χ3n) is 7.24. The summed E-state index contributed by atoms with van der Waals surface area (Å²) in [6.45, 7) is 6.66. The molecule has 1 aromatic heterocycles. The van der Waals surface area contributed by atoms with E-state index in [0.29, 0.717) is 32.1 Å². The minimum Gasteiger partial charge on any atom is -0.494 e. The summed E-state index contributed by atoms with van der Waals surface area (Å²) in [5.74, 6) is 0.788. The number of amides is 1. The molecule has 6 nitrogen and oxygen atoms in total. The Labute approximate surface area is 201 Å². The average Bonchev–Trinajstić information content (AvgIpc) is 3.48. The fourth-order valence-corrected chi connectivity index (χ4v) is 5.25. The maximum absolute atomic E-state index is 13.4. The Balaban J connectivity index is 1.38. The van der Waals surface area contributed by atoms with Crippen molar-refractivity contribution in [2.75, 3.05) is 26.4 Å². The van der Waals surface area contributed by atoms with Crippen molar-refractivity contribution >= 4 is 5.91 Å². The summed E-state index contributed by atoms with van der Waals surface area (Å²) in [6.07, 6.45) is 4.67. The molecule has 2 aromatic carbocycles. The molecule has 1 fully saturated rings. The molecule has 0 radical (unpaired) electrons. The van der Waals surface area contributed by atoms with Gasteiger partial charge in [0.25, 0.3) is 5.91 Å². The number of carbonyl (C=O) groups is 1. The van der Waals surface area contributed by atoms with E-state index < -0.39 is 0 Å². The van der Waals surface area contributed by atoms with Crippen LogP contribution < -0.4 is 10.1 Å². The van der Waals surface area contributed by atoms with Crippen LogP contribution in [0.15, 0.2) is 48.5 Å². The number of benzene rings is 2. The summed E-state index contributed by atoms with van der Waals surface area (Å²) < 4.78 is 13.3. The molecule has 3 aromatic rings. The lowest BCUT2D eigenvalue weighted by Crippen LogP contribution is -2.44. The number of hydrogen-bond donors (Lipinski definition) is 1. The highest BCUT2D eigenvalue weighted by atomic mass is 16.5. The van der Waals surface area contributed by atoms with Crippen LogP contribution in [0.3, 0.4) is 0 Å². The highest BCUT2D eigenvalue weighted by molar-refractivity contribution is 5.94. The van der Waals surface area contributed by atoms with Crippen LogP contribution in [0, 0.1) is 6.92 Å². The van der Waals surface area contributed by atoms with E-state index in [9.17, 15) is 4.79 Å². The molecule has 0 saturated carbocycles. The first kappa shape index (κ1) is 22.7. The number of fused-ring (bicyclic) bond motifs is 1. The molecule has 1 aliphatic carbocycles. The molecule has 6 heteroatoms. The first-order valence-corrected chi connectivity index (χ1v) is 12.4. The molecule has 0 bridgehead atoms. The van der Waals surface area contributed by atoms with E-state index in [-0.39, 0.29) is 11.3 Å². The normalized spacial score (nSPS) is 16.8. The van der Waals surface area contributed by atoms with Crippen LogP contribution in [-0.4, -0.2) is 42.1 Å². The van der Waals surface area contributed by atoms with Crippen LogP contribution in [-0.2, 0) is 23.0 Å². The van der Waals surface area contributed by atoms with Crippen LogP contribution in [0.1, 0.15) is 59.1 Å². The number of hydrogen-bond acceptors (Lipinski definition) is 4. The van der Waals surface area contributed by atoms with E-state index in [2.05, 4.69) is 48.6 Å². The summed E-state index contributed by atoms with van der Waals surface area (Å²) >= 11 is 0. The highest BCUT2D eigenvalue weighted by Gasteiger charge is 2.36. The summed E-state index contributed by atoms with van der Waals surface area (Å²) in [5.41, 5.74) is 6.12. The number of ether oxygens (including phenoxy) is 2. The Morgan fingerprint density at radius 2 is 1.82 bits per heavy atom. The van der Waals surface area contributed by atoms with E-state index in [1.165, 1.54) is 16.8 Å². The molecule has 2 aliphatic rings. The van der Waals surface area contributed by atoms with Gasteiger partial charge in [0.2, 0.25) is 0 Å². The minimum absolute atomic E-state index is 0.0826. The zero-order valence-corrected chi connectivity index (χ0v) is 20.1. The standard InChI is InChI=1S/C28H33N3O3/c1-3-34-23-13-9-21(10-14-23)28(15-17-33-18-16-28)19-29-27(32)26-24-5-4-6-25(24)31(30-26)22-11-7-20(2)8-12-22/h7-14H,3-6,15-19H2,1-2H3,(H,29,32). The van der Waals surface area contributed by atoms with Crippen molar-refractivity contribution in [1.29, 1.82) is 0 Å². The molecule has 178 valence electrons. The van der Waals surface area contributed by atoms with Gasteiger partial charge < -0.3 is 14.8 Å². The molecule has 1 N–H and O–H groups in total.